The first-order valence-electron chi connectivity index (χ1n) is 7.13. The quantitative estimate of drug-likeness (QED) is 0.775. The summed E-state index contributed by atoms with van der Waals surface area (Å²) in [5.74, 6) is 0. The van der Waals surface area contributed by atoms with Crippen LogP contribution in [0.15, 0.2) is 0 Å². The zero-order valence-electron chi connectivity index (χ0n) is 12.8. The number of ether oxygens (including phenoxy) is 1. The smallest absolute Gasteiger partial charge is 0.0670 e. The van der Waals surface area contributed by atoms with Crippen molar-refractivity contribution in [2.45, 2.75) is 51.3 Å². The van der Waals surface area contributed by atoms with Crippen molar-refractivity contribution in [1.82, 2.24) is 9.80 Å². The fourth-order valence-electron chi connectivity index (χ4n) is 2.85. The molecule has 0 bridgehead atoms. The number of hydrogen-bond donors (Lipinski definition) is 1. The van der Waals surface area contributed by atoms with E-state index in [-0.39, 0.29) is 11.6 Å². The number of likely N-dealkylation sites (tertiary alicyclic amines) is 1. The van der Waals surface area contributed by atoms with Gasteiger partial charge in [0.2, 0.25) is 0 Å². The summed E-state index contributed by atoms with van der Waals surface area (Å²) in [6, 6.07) is 0.643. The van der Waals surface area contributed by atoms with Crippen LogP contribution in [0, 0.1) is 0 Å². The second-order valence-electron chi connectivity index (χ2n) is 5.99. The molecule has 4 nitrogen and oxygen atoms in total. The molecule has 0 spiro atoms. The zero-order valence-corrected chi connectivity index (χ0v) is 12.8. The number of hydrogen-bond acceptors (Lipinski definition) is 4. The summed E-state index contributed by atoms with van der Waals surface area (Å²) < 4.78 is 5.37. The van der Waals surface area contributed by atoms with Crippen LogP contribution >= 0.6 is 0 Å². The Morgan fingerprint density at radius 3 is 2.22 bits per heavy atom. The van der Waals surface area contributed by atoms with Gasteiger partial charge in [-0.2, -0.15) is 0 Å². The van der Waals surface area contributed by atoms with Gasteiger partial charge in [0, 0.05) is 44.9 Å². The van der Waals surface area contributed by atoms with E-state index in [0.29, 0.717) is 6.04 Å². The van der Waals surface area contributed by atoms with Crippen LogP contribution in [0.25, 0.3) is 0 Å². The van der Waals surface area contributed by atoms with Gasteiger partial charge in [0.15, 0.2) is 0 Å². The van der Waals surface area contributed by atoms with E-state index in [9.17, 15) is 0 Å². The highest BCUT2D eigenvalue weighted by molar-refractivity contribution is 4.96. The third-order valence-electron chi connectivity index (χ3n) is 4.58. The maximum absolute atomic E-state index is 6.08. The van der Waals surface area contributed by atoms with Crippen LogP contribution in [0.1, 0.15) is 33.6 Å². The molecule has 0 aromatic rings. The molecule has 1 aliphatic heterocycles. The molecule has 0 amide bonds. The zero-order chi connectivity index (χ0) is 13.8. The molecule has 0 aliphatic carbocycles. The predicted octanol–water partition coefficient (Wildman–Crippen LogP) is 1.15. The Morgan fingerprint density at radius 1 is 1.28 bits per heavy atom. The molecule has 0 radical (unpaired) electrons. The van der Waals surface area contributed by atoms with Gasteiger partial charge in [0.1, 0.15) is 0 Å². The van der Waals surface area contributed by atoms with Crippen LogP contribution in [0.4, 0.5) is 0 Å². The Kier molecular flexibility index (Phi) is 6.05. The molecule has 108 valence electrons. The second-order valence-corrected chi connectivity index (χ2v) is 5.99. The van der Waals surface area contributed by atoms with Crippen LogP contribution in [0.5, 0.6) is 0 Å². The van der Waals surface area contributed by atoms with E-state index in [1.807, 2.05) is 0 Å². The van der Waals surface area contributed by atoms with Crippen LogP contribution in [0.2, 0.25) is 0 Å². The maximum Gasteiger partial charge on any atom is 0.0670 e. The predicted molar refractivity (Wildman–Crippen MR) is 76.8 cm³/mol. The largest absolute Gasteiger partial charge is 0.380 e. The summed E-state index contributed by atoms with van der Waals surface area (Å²) in [6.45, 7) is 10.7. The highest BCUT2D eigenvalue weighted by Crippen LogP contribution is 2.28. The molecule has 1 aliphatic rings. The van der Waals surface area contributed by atoms with Gasteiger partial charge in [-0.3, -0.25) is 4.90 Å². The number of methoxy groups -OCH3 is 1. The molecule has 4 heteroatoms. The number of nitrogens with two attached hydrogens (primary N) is 1. The summed E-state index contributed by atoms with van der Waals surface area (Å²) in [5, 5.41) is 0. The van der Waals surface area contributed by atoms with Gasteiger partial charge < -0.3 is 15.4 Å². The van der Waals surface area contributed by atoms with Gasteiger partial charge in [0.05, 0.1) is 6.10 Å². The van der Waals surface area contributed by atoms with Crippen LogP contribution in [0.3, 0.4) is 0 Å². The molecule has 1 unspecified atom stereocenters. The van der Waals surface area contributed by atoms with Crippen LogP contribution in [-0.2, 0) is 4.74 Å². The molecule has 1 atom stereocenters. The van der Waals surface area contributed by atoms with Crippen molar-refractivity contribution in [3.63, 3.8) is 0 Å². The maximum atomic E-state index is 6.08. The first-order valence-corrected chi connectivity index (χ1v) is 7.13. The minimum Gasteiger partial charge on any atom is -0.380 e. The lowest BCUT2D eigenvalue weighted by atomic mass is 9.85. The van der Waals surface area contributed by atoms with E-state index >= 15 is 0 Å². The molecular weight excluding hydrogens is 226 g/mol. The molecule has 1 heterocycles. The molecule has 0 aromatic heterocycles. The summed E-state index contributed by atoms with van der Waals surface area (Å²) >= 11 is 0. The number of likely N-dealkylation sites (N-methyl/N-ethyl adjacent to an activating group) is 1. The van der Waals surface area contributed by atoms with E-state index in [2.05, 4.69) is 37.6 Å². The average Bonchev–Trinajstić information content (AvgIpc) is 2.38. The lowest BCUT2D eigenvalue weighted by Crippen LogP contribution is -2.60. The first kappa shape index (κ1) is 15.9. The molecule has 0 saturated carbocycles. The van der Waals surface area contributed by atoms with E-state index in [4.69, 9.17) is 10.5 Å². The standard InChI is InChI=1S/C14H31N3O/c1-12(2)17-8-6-14(11-15,7-9-17)16(4)10-13(3)18-5/h12-13H,6-11,15H2,1-5H3. The number of nitrogens with zero attached hydrogens (tertiary/aromatic N) is 2. The minimum absolute atomic E-state index is 0.165. The van der Waals surface area contributed by atoms with Crippen molar-refractivity contribution in [3.05, 3.63) is 0 Å². The van der Waals surface area contributed by atoms with E-state index in [0.717, 1.165) is 39.0 Å². The molecule has 0 aromatic carbocycles. The van der Waals surface area contributed by atoms with Gasteiger partial charge >= 0.3 is 0 Å². The van der Waals surface area contributed by atoms with Gasteiger partial charge in [-0.15, -0.1) is 0 Å². The molecule has 1 saturated heterocycles. The van der Waals surface area contributed by atoms with Gasteiger partial charge in [0.25, 0.3) is 0 Å². The summed E-state index contributed by atoms with van der Waals surface area (Å²) in [6.07, 6.45) is 2.59. The second kappa shape index (κ2) is 6.85. The molecular formula is C14H31N3O. The average molecular weight is 257 g/mol. The summed E-state index contributed by atoms with van der Waals surface area (Å²) in [5.41, 5.74) is 6.24. The summed E-state index contributed by atoms with van der Waals surface area (Å²) in [7, 11) is 3.96. The molecule has 1 fully saturated rings. The Balaban J connectivity index is 2.59. The Bertz CT molecular complexity index is 237. The lowest BCUT2D eigenvalue weighted by Gasteiger charge is -2.48. The van der Waals surface area contributed by atoms with Crippen molar-refractivity contribution in [2.24, 2.45) is 5.73 Å². The van der Waals surface area contributed by atoms with Crippen LogP contribution < -0.4 is 5.73 Å². The minimum atomic E-state index is 0.165. The molecule has 1 rings (SSSR count). The molecule has 18 heavy (non-hydrogen) atoms. The van der Waals surface area contributed by atoms with E-state index in [1.165, 1.54) is 0 Å². The topological polar surface area (TPSA) is 41.7 Å². The normalized spacial score (nSPS) is 22.7. The van der Waals surface area contributed by atoms with Gasteiger partial charge in [-0.05, 0) is 40.7 Å². The fraction of sp³-hybridized carbons (Fsp3) is 1.00. The highest BCUT2D eigenvalue weighted by Gasteiger charge is 2.37. The van der Waals surface area contributed by atoms with E-state index < -0.39 is 0 Å². The summed E-state index contributed by atoms with van der Waals surface area (Å²) in [4.78, 5) is 4.96. The molecule has 2 N–H and O–H groups in total. The third kappa shape index (κ3) is 3.67. The van der Waals surface area contributed by atoms with Gasteiger partial charge in [-0.1, -0.05) is 0 Å². The van der Waals surface area contributed by atoms with Crippen molar-refractivity contribution in [2.75, 3.05) is 40.3 Å². The third-order valence-corrected chi connectivity index (χ3v) is 4.58. The fourth-order valence-corrected chi connectivity index (χ4v) is 2.85. The van der Waals surface area contributed by atoms with Crippen molar-refractivity contribution in [1.29, 1.82) is 0 Å². The number of piperidine rings is 1. The highest BCUT2D eigenvalue weighted by atomic mass is 16.5. The Hall–Kier alpha value is -0.160. The lowest BCUT2D eigenvalue weighted by molar-refractivity contribution is -0.000200. The van der Waals surface area contributed by atoms with E-state index in [1.54, 1.807) is 7.11 Å². The SMILES string of the molecule is COC(C)CN(C)C1(CN)CCN(C(C)C)CC1. The Labute approximate surface area is 112 Å². The Morgan fingerprint density at radius 2 is 1.83 bits per heavy atom. The first-order chi connectivity index (χ1) is 8.45. The van der Waals surface area contributed by atoms with Crippen molar-refractivity contribution >= 4 is 0 Å². The monoisotopic (exact) mass is 257 g/mol. The van der Waals surface area contributed by atoms with Crippen molar-refractivity contribution in [3.8, 4) is 0 Å². The number of rotatable bonds is 6. The van der Waals surface area contributed by atoms with Crippen LogP contribution in [-0.4, -0.2) is 67.8 Å². The van der Waals surface area contributed by atoms with Crippen molar-refractivity contribution < 1.29 is 4.74 Å². The van der Waals surface area contributed by atoms with Gasteiger partial charge in [-0.25, -0.2) is 0 Å².